The van der Waals surface area contributed by atoms with Gasteiger partial charge in [0, 0.05) is 19.7 Å². The molecule has 0 aliphatic heterocycles. The number of aromatic nitrogens is 1. The van der Waals surface area contributed by atoms with Crippen LogP contribution in [-0.4, -0.2) is 32.3 Å². The SMILES string of the molecule is Cc1nc(-c2ccc(OCCCCCOc3ccc(C#N)cc3)cc2)c(N(C)C)s1. The average molecular weight is 422 g/mol. The second kappa shape index (κ2) is 10.7. The fourth-order valence-electron chi connectivity index (χ4n) is 3.00. The molecule has 0 bridgehead atoms. The van der Waals surface area contributed by atoms with Gasteiger partial charge >= 0.3 is 0 Å². The van der Waals surface area contributed by atoms with Gasteiger partial charge in [0.15, 0.2) is 0 Å². The van der Waals surface area contributed by atoms with E-state index in [0.717, 1.165) is 47.0 Å². The monoisotopic (exact) mass is 421 g/mol. The van der Waals surface area contributed by atoms with E-state index in [4.69, 9.17) is 14.7 Å². The van der Waals surface area contributed by atoms with Gasteiger partial charge in [0.1, 0.15) is 22.2 Å². The van der Waals surface area contributed by atoms with Crippen molar-refractivity contribution in [3.8, 4) is 28.8 Å². The number of nitrogens with zero attached hydrogens (tertiary/aromatic N) is 3. The number of ether oxygens (including phenoxy) is 2. The molecule has 0 spiro atoms. The van der Waals surface area contributed by atoms with Gasteiger partial charge in [-0.3, -0.25) is 0 Å². The zero-order valence-electron chi connectivity index (χ0n) is 17.7. The lowest BCUT2D eigenvalue weighted by molar-refractivity contribution is 0.279. The van der Waals surface area contributed by atoms with E-state index in [1.807, 2.05) is 45.3 Å². The van der Waals surface area contributed by atoms with E-state index >= 15 is 0 Å². The molecule has 0 atom stereocenters. The molecule has 0 fully saturated rings. The van der Waals surface area contributed by atoms with Gasteiger partial charge < -0.3 is 14.4 Å². The van der Waals surface area contributed by atoms with Crippen molar-refractivity contribution in [1.29, 1.82) is 5.26 Å². The molecule has 3 rings (SSSR count). The second-order valence-electron chi connectivity index (χ2n) is 7.20. The average Bonchev–Trinajstić information content (AvgIpc) is 3.16. The minimum Gasteiger partial charge on any atom is -0.494 e. The van der Waals surface area contributed by atoms with Gasteiger partial charge in [-0.15, -0.1) is 11.3 Å². The van der Waals surface area contributed by atoms with Crippen molar-refractivity contribution < 1.29 is 9.47 Å². The van der Waals surface area contributed by atoms with Crippen LogP contribution in [0.25, 0.3) is 11.3 Å². The van der Waals surface area contributed by atoms with Crippen molar-refractivity contribution in [3.63, 3.8) is 0 Å². The van der Waals surface area contributed by atoms with Crippen molar-refractivity contribution in [3.05, 3.63) is 59.1 Å². The predicted octanol–water partition coefficient (Wildman–Crippen LogP) is 5.68. The maximum atomic E-state index is 8.80. The van der Waals surface area contributed by atoms with Crippen LogP contribution in [0.4, 0.5) is 5.00 Å². The molecule has 1 aromatic heterocycles. The highest BCUT2D eigenvalue weighted by atomic mass is 32.1. The lowest BCUT2D eigenvalue weighted by Crippen LogP contribution is -2.07. The van der Waals surface area contributed by atoms with Crippen LogP contribution < -0.4 is 14.4 Å². The van der Waals surface area contributed by atoms with Crippen molar-refractivity contribution in [2.45, 2.75) is 26.2 Å². The zero-order valence-corrected chi connectivity index (χ0v) is 18.5. The number of benzene rings is 2. The molecule has 0 saturated carbocycles. The minimum absolute atomic E-state index is 0.646. The largest absolute Gasteiger partial charge is 0.494 e. The summed E-state index contributed by atoms with van der Waals surface area (Å²) < 4.78 is 11.6. The summed E-state index contributed by atoms with van der Waals surface area (Å²) in [5.74, 6) is 1.68. The van der Waals surface area contributed by atoms with E-state index < -0.39 is 0 Å². The van der Waals surface area contributed by atoms with Gasteiger partial charge in [-0.25, -0.2) is 4.98 Å². The summed E-state index contributed by atoms with van der Waals surface area (Å²) in [5.41, 5.74) is 2.78. The number of unbranched alkanes of at least 4 members (excludes halogenated alkanes) is 2. The number of anilines is 1. The van der Waals surface area contributed by atoms with Gasteiger partial charge in [0.05, 0.1) is 29.9 Å². The standard InChI is InChI=1S/C24H27N3O2S/c1-18-26-23(24(30-18)27(2)3)20-9-13-22(14-10-20)29-16-6-4-5-15-28-21-11-7-19(17-25)8-12-21/h7-14H,4-6,15-16H2,1-3H3. The van der Waals surface area contributed by atoms with Crippen molar-refractivity contribution in [2.24, 2.45) is 0 Å². The van der Waals surface area contributed by atoms with Crippen LogP contribution in [0.15, 0.2) is 48.5 Å². The first kappa shape index (κ1) is 21.7. The maximum absolute atomic E-state index is 8.80. The van der Waals surface area contributed by atoms with Crippen LogP contribution in [0.1, 0.15) is 29.8 Å². The third-order valence-corrected chi connectivity index (χ3v) is 5.70. The Bertz CT molecular complexity index is 973. The Balaban J connectivity index is 1.37. The quantitative estimate of drug-likeness (QED) is 0.394. The molecule has 0 aliphatic rings. The Morgan fingerprint density at radius 1 is 0.900 bits per heavy atom. The summed E-state index contributed by atoms with van der Waals surface area (Å²) in [5, 5.41) is 11.0. The van der Waals surface area contributed by atoms with Crippen LogP contribution in [-0.2, 0) is 0 Å². The highest BCUT2D eigenvalue weighted by Gasteiger charge is 2.13. The molecule has 0 unspecified atom stereocenters. The molecule has 0 saturated heterocycles. The molecule has 0 radical (unpaired) electrons. The molecule has 3 aromatic rings. The summed E-state index contributed by atoms with van der Waals surface area (Å²) in [6, 6.07) is 17.5. The number of hydrogen-bond donors (Lipinski definition) is 0. The number of thiazole rings is 1. The first-order valence-corrected chi connectivity index (χ1v) is 10.9. The number of hydrogen-bond acceptors (Lipinski definition) is 6. The summed E-state index contributed by atoms with van der Waals surface area (Å²) in [4.78, 5) is 6.78. The van der Waals surface area contributed by atoms with Crippen LogP contribution in [0, 0.1) is 18.3 Å². The number of nitriles is 1. The number of aryl methyl sites for hydroxylation is 1. The number of rotatable bonds is 10. The van der Waals surface area contributed by atoms with Crippen molar-refractivity contribution >= 4 is 16.3 Å². The Morgan fingerprint density at radius 2 is 1.47 bits per heavy atom. The first-order valence-electron chi connectivity index (χ1n) is 10.1. The van der Waals surface area contributed by atoms with Gasteiger partial charge in [-0.2, -0.15) is 5.26 Å². The third kappa shape index (κ3) is 5.98. The highest BCUT2D eigenvalue weighted by molar-refractivity contribution is 7.16. The lowest BCUT2D eigenvalue weighted by Gasteiger charge is -2.12. The minimum atomic E-state index is 0.646. The van der Waals surface area contributed by atoms with Gasteiger partial charge in [0.2, 0.25) is 0 Å². The summed E-state index contributed by atoms with van der Waals surface area (Å²) in [6.07, 6.45) is 2.99. The zero-order chi connectivity index (χ0) is 21.3. The summed E-state index contributed by atoms with van der Waals surface area (Å²) in [6.45, 7) is 3.39. The Hall–Kier alpha value is -3.04. The molecule has 6 heteroatoms. The first-order chi connectivity index (χ1) is 14.6. The van der Waals surface area contributed by atoms with E-state index in [-0.39, 0.29) is 0 Å². The van der Waals surface area contributed by atoms with E-state index in [1.165, 1.54) is 5.00 Å². The summed E-state index contributed by atoms with van der Waals surface area (Å²) >= 11 is 1.71. The molecule has 2 aromatic carbocycles. The Morgan fingerprint density at radius 3 is 2.00 bits per heavy atom. The van der Waals surface area contributed by atoms with Crippen molar-refractivity contribution in [2.75, 3.05) is 32.2 Å². The molecule has 156 valence electrons. The van der Waals surface area contributed by atoms with Crippen LogP contribution in [0.3, 0.4) is 0 Å². The Kier molecular flexibility index (Phi) is 7.69. The predicted molar refractivity (Wildman–Crippen MR) is 123 cm³/mol. The highest BCUT2D eigenvalue weighted by Crippen LogP contribution is 2.35. The topological polar surface area (TPSA) is 58.4 Å². The van der Waals surface area contributed by atoms with Crippen LogP contribution >= 0.6 is 11.3 Å². The molecular weight excluding hydrogens is 394 g/mol. The van der Waals surface area contributed by atoms with Crippen molar-refractivity contribution in [1.82, 2.24) is 4.98 Å². The van der Waals surface area contributed by atoms with E-state index in [1.54, 1.807) is 23.5 Å². The fraction of sp³-hybridized carbons (Fsp3) is 0.333. The van der Waals surface area contributed by atoms with Gasteiger partial charge in [-0.1, -0.05) is 0 Å². The third-order valence-electron chi connectivity index (χ3n) is 4.56. The molecule has 1 heterocycles. The molecule has 5 nitrogen and oxygen atoms in total. The normalized spacial score (nSPS) is 10.5. The molecule has 30 heavy (non-hydrogen) atoms. The van der Waals surface area contributed by atoms with Gasteiger partial charge in [-0.05, 0) is 74.7 Å². The van der Waals surface area contributed by atoms with E-state index in [9.17, 15) is 0 Å². The molecular formula is C24H27N3O2S. The molecule has 0 N–H and O–H groups in total. The molecule has 0 amide bonds. The van der Waals surface area contributed by atoms with E-state index in [2.05, 4.69) is 28.1 Å². The smallest absolute Gasteiger partial charge is 0.119 e. The fourth-order valence-corrected chi connectivity index (χ4v) is 3.86. The Labute approximate surface area is 182 Å². The lowest BCUT2D eigenvalue weighted by atomic mass is 10.1. The second-order valence-corrected chi connectivity index (χ2v) is 8.38. The maximum Gasteiger partial charge on any atom is 0.119 e. The van der Waals surface area contributed by atoms with Crippen LogP contribution in [0.2, 0.25) is 0 Å². The molecule has 0 aliphatic carbocycles. The van der Waals surface area contributed by atoms with E-state index in [0.29, 0.717) is 18.8 Å². The summed E-state index contributed by atoms with van der Waals surface area (Å²) in [7, 11) is 4.09. The van der Waals surface area contributed by atoms with Crippen LogP contribution in [0.5, 0.6) is 11.5 Å². The van der Waals surface area contributed by atoms with Gasteiger partial charge in [0.25, 0.3) is 0 Å².